The summed E-state index contributed by atoms with van der Waals surface area (Å²) in [5.41, 5.74) is 0.487. The number of anilines is 2. The molecule has 3 aromatic carbocycles. The molecule has 0 bridgehead atoms. The zero-order valence-electron chi connectivity index (χ0n) is 16.2. The Morgan fingerprint density at radius 2 is 1.65 bits per heavy atom. The van der Waals surface area contributed by atoms with Crippen LogP contribution in [-0.4, -0.2) is 29.8 Å². The molecule has 0 aromatic heterocycles. The van der Waals surface area contributed by atoms with Crippen LogP contribution in [0.15, 0.2) is 66.7 Å². The Balaban J connectivity index is 1.62. The summed E-state index contributed by atoms with van der Waals surface area (Å²) in [5, 5.41) is 13.6. The number of nitro benzene ring substituents is 1. The second-order valence-electron chi connectivity index (χ2n) is 6.63. The summed E-state index contributed by atoms with van der Waals surface area (Å²) >= 11 is 0. The van der Waals surface area contributed by atoms with Crippen molar-refractivity contribution in [1.29, 1.82) is 0 Å². The van der Waals surface area contributed by atoms with E-state index in [2.05, 4.69) is 5.32 Å². The molecule has 1 aliphatic rings. The monoisotopic (exact) mass is 417 g/mol. The van der Waals surface area contributed by atoms with Crippen LogP contribution in [-0.2, 0) is 0 Å². The average Bonchev–Trinajstić information content (AvgIpc) is 3.03. The maximum atomic E-state index is 12.9. The van der Waals surface area contributed by atoms with Gasteiger partial charge in [-0.3, -0.25) is 24.5 Å². The van der Waals surface area contributed by atoms with Crippen molar-refractivity contribution in [3.05, 3.63) is 93.5 Å². The lowest BCUT2D eigenvalue weighted by atomic mass is 10.1. The average molecular weight is 417 g/mol. The Kier molecular flexibility index (Phi) is 4.92. The molecule has 0 saturated carbocycles. The molecule has 4 rings (SSSR count). The fourth-order valence-corrected chi connectivity index (χ4v) is 3.28. The lowest BCUT2D eigenvalue weighted by molar-refractivity contribution is -0.383. The standard InChI is InChI=1S/C22H15N3O6/c1-31-15-9-7-14(8-10-15)24-21(27)16-11-6-13(12-17(16)22(24)28)20(26)23-18-4-2-3-5-19(18)25(29)30/h2-12H,1H3,(H,23,26). The SMILES string of the molecule is COc1ccc(N2C(=O)c3ccc(C(=O)Nc4ccccc4[N+](=O)[O-])cc3C2=O)cc1. The van der Waals surface area contributed by atoms with E-state index in [4.69, 9.17) is 4.74 Å². The van der Waals surface area contributed by atoms with Crippen LogP contribution in [0, 0.1) is 10.1 Å². The van der Waals surface area contributed by atoms with E-state index in [1.807, 2.05) is 0 Å². The van der Waals surface area contributed by atoms with Gasteiger partial charge in [0.25, 0.3) is 23.4 Å². The fraction of sp³-hybridized carbons (Fsp3) is 0.0455. The topological polar surface area (TPSA) is 119 Å². The highest BCUT2D eigenvalue weighted by molar-refractivity contribution is 6.34. The minimum Gasteiger partial charge on any atom is -0.497 e. The summed E-state index contributed by atoms with van der Waals surface area (Å²) in [6.07, 6.45) is 0. The van der Waals surface area contributed by atoms with Gasteiger partial charge in [-0.2, -0.15) is 0 Å². The molecule has 9 nitrogen and oxygen atoms in total. The van der Waals surface area contributed by atoms with E-state index in [1.165, 1.54) is 43.5 Å². The molecule has 31 heavy (non-hydrogen) atoms. The smallest absolute Gasteiger partial charge is 0.292 e. The third kappa shape index (κ3) is 3.48. The van der Waals surface area contributed by atoms with Crippen LogP contribution in [0.25, 0.3) is 0 Å². The quantitative estimate of drug-likeness (QED) is 0.384. The van der Waals surface area contributed by atoms with E-state index < -0.39 is 22.6 Å². The van der Waals surface area contributed by atoms with E-state index in [9.17, 15) is 24.5 Å². The Bertz CT molecular complexity index is 1240. The van der Waals surface area contributed by atoms with Gasteiger partial charge in [0.15, 0.2) is 0 Å². The molecule has 0 radical (unpaired) electrons. The zero-order chi connectivity index (χ0) is 22.1. The summed E-state index contributed by atoms with van der Waals surface area (Å²) < 4.78 is 5.09. The van der Waals surface area contributed by atoms with Crippen LogP contribution < -0.4 is 15.0 Å². The number of carbonyl (C=O) groups excluding carboxylic acids is 3. The number of amides is 3. The Labute approximate surface area is 176 Å². The molecule has 154 valence electrons. The van der Waals surface area contributed by atoms with Crippen LogP contribution in [0.5, 0.6) is 5.75 Å². The highest BCUT2D eigenvalue weighted by atomic mass is 16.6. The Morgan fingerprint density at radius 1 is 0.968 bits per heavy atom. The van der Waals surface area contributed by atoms with Gasteiger partial charge in [0.1, 0.15) is 11.4 Å². The number of nitrogens with one attached hydrogen (secondary N) is 1. The first kappa shape index (κ1) is 19.8. The van der Waals surface area contributed by atoms with Gasteiger partial charge in [0.2, 0.25) is 0 Å². The van der Waals surface area contributed by atoms with Gasteiger partial charge >= 0.3 is 0 Å². The molecule has 0 aliphatic carbocycles. The van der Waals surface area contributed by atoms with Gasteiger partial charge in [-0.15, -0.1) is 0 Å². The third-order valence-corrected chi connectivity index (χ3v) is 4.83. The number of benzene rings is 3. The molecule has 1 N–H and O–H groups in total. The Morgan fingerprint density at radius 3 is 2.32 bits per heavy atom. The fourth-order valence-electron chi connectivity index (χ4n) is 3.28. The minimum atomic E-state index is -0.639. The summed E-state index contributed by atoms with van der Waals surface area (Å²) in [4.78, 5) is 49.8. The summed E-state index contributed by atoms with van der Waals surface area (Å²) in [6.45, 7) is 0. The number of imide groups is 1. The molecule has 0 atom stereocenters. The molecule has 0 unspecified atom stereocenters. The number of nitro groups is 1. The van der Waals surface area contributed by atoms with Gasteiger partial charge in [-0.25, -0.2) is 4.90 Å². The molecule has 0 saturated heterocycles. The lowest BCUT2D eigenvalue weighted by Crippen LogP contribution is -2.29. The number of methoxy groups -OCH3 is 1. The molecule has 3 aromatic rings. The van der Waals surface area contributed by atoms with Gasteiger partial charge in [0, 0.05) is 11.6 Å². The molecule has 1 aliphatic heterocycles. The summed E-state index contributed by atoms with van der Waals surface area (Å²) in [6, 6.07) is 16.3. The number of rotatable bonds is 5. The van der Waals surface area contributed by atoms with Crippen molar-refractivity contribution in [2.75, 3.05) is 17.3 Å². The normalized spacial score (nSPS) is 12.5. The van der Waals surface area contributed by atoms with Crippen LogP contribution in [0.2, 0.25) is 0 Å². The van der Waals surface area contributed by atoms with Crippen molar-refractivity contribution in [1.82, 2.24) is 0 Å². The molecular formula is C22H15N3O6. The van der Waals surface area contributed by atoms with E-state index in [-0.39, 0.29) is 28.1 Å². The van der Waals surface area contributed by atoms with Crippen LogP contribution in [0.3, 0.4) is 0 Å². The van der Waals surface area contributed by atoms with Crippen molar-refractivity contribution >= 4 is 34.8 Å². The number of carbonyl (C=O) groups is 3. The number of hydrogen-bond donors (Lipinski definition) is 1. The second-order valence-corrected chi connectivity index (χ2v) is 6.63. The second kappa shape index (κ2) is 7.71. The third-order valence-electron chi connectivity index (χ3n) is 4.83. The van der Waals surface area contributed by atoms with Crippen molar-refractivity contribution in [2.24, 2.45) is 0 Å². The zero-order valence-corrected chi connectivity index (χ0v) is 16.2. The first-order valence-corrected chi connectivity index (χ1v) is 9.12. The van der Waals surface area contributed by atoms with E-state index >= 15 is 0 Å². The highest BCUT2D eigenvalue weighted by Crippen LogP contribution is 2.31. The van der Waals surface area contributed by atoms with Crippen molar-refractivity contribution < 1.29 is 24.0 Å². The Hall–Kier alpha value is -4.53. The number of nitrogens with zero attached hydrogens (tertiary/aromatic N) is 2. The van der Waals surface area contributed by atoms with Crippen molar-refractivity contribution in [2.45, 2.75) is 0 Å². The number of fused-ring (bicyclic) bond motifs is 1. The molecule has 9 heteroatoms. The largest absolute Gasteiger partial charge is 0.497 e. The predicted molar refractivity (Wildman–Crippen MR) is 112 cm³/mol. The van der Waals surface area contributed by atoms with Gasteiger partial charge in [0.05, 0.1) is 28.8 Å². The van der Waals surface area contributed by atoms with E-state index in [0.717, 1.165) is 4.90 Å². The van der Waals surface area contributed by atoms with E-state index in [1.54, 1.807) is 30.3 Å². The van der Waals surface area contributed by atoms with E-state index in [0.29, 0.717) is 11.4 Å². The molecule has 0 spiro atoms. The molecule has 0 fully saturated rings. The highest BCUT2D eigenvalue weighted by Gasteiger charge is 2.37. The molecular weight excluding hydrogens is 402 g/mol. The van der Waals surface area contributed by atoms with Crippen molar-refractivity contribution in [3.8, 4) is 5.75 Å². The van der Waals surface area contributed by atoms with Gasteiger partial charge < -0.3 is 10.1 Å². The number of ether oxygens (including phenoxy) is 1. The first-order chi connectivity index (χ1) is 14.9. The number of hydrogen-bond acceptors (Lipinski definition) is 6. The molecule has 3 amide bonds. The lowest BCUT2D eigenvalue weighted by Gasteiger charge is -2.14. The maximum absolute atomic E-state index is 12.9. The first-order valence-electron chi connectivity index (χ1n) is 9.12. The number of para-hydroxylation sites is 2. The van der Waals surface area contributed by atoms with Gasteiger partial charge in [-0.05, 0) is 48.5 Å². The predicted octanol–water partition coefficient (Wildman–Crippen LogP) is 3.66. The van der Waals surface area contributed by atoms with Crippen molar-refractivity contribution in [3.63, 3.8) is 0 Å². The van der Waals surface area contributed by atoms with Crippen LogP contribution >= 0.6 is 0 Å². The summed E-state index contributed by atoms with van der Waals surface area (Å²) in [5.74, 6) is -1.13. The summed E-state index contributed by atoms with van der Waals surface area (Å²) in [7, 11) is 1.51. The van der Waals surface area contributed by atoms with Gasteiger partial charge in [-0.1, -0.05) is 12.1 Å². The minimum absolute atomic E-state index is 0.0280. The van der Waals surface area contributed by atoms with Crippen LogP contribution in [0.1, 0.15) is 31.1 Å². The van der Waals surface area contributed by atoms with Crippen LogP contribution in [0.4, 0.5) is 17.1 Å². The molecule has 1 heterocycles. The maximum Gasteiger partial charge on any atom is 0.292 e.